The third-order valence-corrected chi connectivity index (χ3v) is 3.38. The van der Waals surface area contributed by atoms with Crippen LogP contribution in [-0.2, 0) is 6.42 Å². The minimum absolute atomic E-state index is 0.222. The van der Waals surface area contributed by atoms with Gasteiger partial charge in [-0.2, -0.15) is 16.6 Å². The van der Waals surface area contributed by atoms with Crippen LogP contribution in [0.15, 0.2) is 41.1 Å². The average Bonchev–Trinajstić information content (AvgIpc) is 2.91. The Morgan fingerprint density at radius 1 is 1.28 bits per heavy atom. The maximum Gasteiger partial charge on any atom is 0.123 e. The van der Waals surface area contributed by atoms with E-state index < -0.39 is 0 Å². The van der Waals surface area contributed by atoms with Crippen molar-refractivity contribution in [3.8, 4) is 6.07 Å². The molecule has 0 bridgehead atoms. The van der Waals surface area contributed by atoms with E-state index in [0.717, 1.165) is 17.5 Å². The molecular weight excluding hydrogens is 247 g/mol. The van der Waals surface area contributed by atoms with Gasteiger partial charge in [0.25, 0.3) is 0 Å². The van der Waals surface area contributed by atoms with Gasteiger partial charge in [0.05, 0.1) is 6.07 Å². The number of nitrogens with one attached hydrogen (secondary N) is 1. The topological polar surface area (TPSA) is 35.8 Å². The highest BCUT2D eigenvalue weighted by Crippen LogP contribution is 2.15. The zero-order valence-electron chi connectivity index (χ0n) is 9.77. The molecule has 0 radical (unpaired) electrons. The second-order valence-corrected chi connectivity index (χ2v) is 4.73. The Kier molecular flexibility index (Phi) is 4.46. The number of nitriles is 1. The van der Waals surface area contributed by atoms with Crippen LogP contribution in [-0.4, -0.2) is 6.54 Å². The molecule has 1 aromatic carbocycles. The van der Waals surface area contributed by atoms with Crippen molar-refractivity contribution in [3.63, 3.8) is 0 Å². The molecule has 92 valence electrons. The largest absolute Gasteiger partial charge is 0.298 e. The molecule has 0 aliphatic carbocycles. The minimum Gasteiger partial charge on any atom is -0.298 e. The Bertz CT molecular complexity index is 514. The molecule has 0 saturated heterocycles. The van der Waals surface area contributed by atoms with Gasteiger partial charge < -0.3 is 0 Å². The number of halogens is 1. The number of rotatable bonds is 5. The Morgan fingerprint density at radius 2 is 2.06 bits per heavy atom. The number of thiophene rings is 1. The van der Waals surface area contributed by atoms with E-state index in [4.69, 9.17) is 5.26 Å². The van der Waals surface area contributed by atoms with E-state index in [9.17, 15) is 4.39 Å². The molecule has 2 nitrogen and oxygen atoms in total. The quantitative estimate of drug-likeness (QED) is 0.895. The molecule has 1 N–H and O–H groups in total. The third-order valence-electron chi connectivity index (χ3n) is 2.68. The first-order chi connectivity index (χ1) is 8.79. The molecule has 18 heavy (non-hydrogen) atoms. The minimum atomic E-state index is -0.267. The summed E-state index contributed by atoms with van der Waals surface area (Å²) in [5.74, 6) is -0.222. The number of nitrogens with zero attached hydrogens (tertiary/aromatic N) is 1. The average molecular weight is 260 g/mol. The van der Waals surface area contributed by atoms with Crippen molar-refractivity contribution in [2.75, 3.05) is 6.54 Å². The fraction of sp³-hybridized carbons (Fsp3) is 0.214. The van der Waals surface area contributed by atoms with Crippen LogP contribution in [0.3, 0.4) is 0 Å². The smallest absolute Gasteiger partial charge is 0.123 e. The number of hydrogen-bond donors (Lipinski definition) is 1. The summed E-state index contributed by atoms with van der Waals surface area (Å²) in [5, 5.41) is 16.2. The fourth-order valence-corrected chi connectivity index (χ4v) is 2.38. The molecule has 1 aromatic heterocycles. The summed E-state index contributed by atoms with van der Waals surface area (Å²) >= 11 is 1.58. The molecule has 1 atom stereocenters. The lowest BCUT2D eigenvalue weighted by Gasteiger charge is -2.09. The highest BCUT2D eigenvalue weighted by Gasteiger charge is 2.09. The Labute approximate surface area is 110 Å². The predicted molar refractivity (Wildman–Crippen MR) is 70.8 cm³/mol. The van der Waals surface area contributed by atoms with Gasteiger partial charge in [-0.15, -0.1) is 0 Å². The van der Waals surface area contributed by atoms with Crippen LogP contribution in [0.1, 0.15) is 17.2 Å². The first kappa shape index (κ1) is 12.7. The maximum atomic E-state index is 12.7. The van der Waals surface area contributed by atoms with E-state index in [0.29, 0.717) is 6.54 Å². The van der Waals surface area contributed by atoms with Crippen molar-refractivity contribution in [1.82, 2.24) is 5.32 Å². The molecule has 0 spiro atoms. The first-order valence-electron chi connectivity index (χ1n) is 5.69. The van der Waals surface area contributed by atoms with E-state index >= 15 is 0 Å². The van der Waals surface area contributed by atoms with Crippen molar-refractivity contribution in [3.05, 3.63) is 58.0 Å². The van der Waals surface area contributed by atoms with Crippen LogP contribution in [0.5, 0.6) is 0 Å². The molecule has 0 fully saturated rings. The molecular formula is C14H13FN2S. The van der Waals surface area contributed by atoms with Crippen molar-refractivity contribution in [2.45, 2.75) is 12.5 Å². The highest BCUT2D eigenvalue weighted by atomic mass is 32.1. The van der Waals surface area contributed by atoms with Crippen LogP contribution in [0.25, 0.3) is 0 Å². The second kappa shape index (κ2) is 6.29. The number of benzene rings is 1. The van der Waals surface area contributed by atoms with E-state index in [1.807, 2.05) is 16.8 Å². The normalized spacial score (nSPS) is 12.0. The Hall–Kier alpha value is -1.70. The summed E-state index contributed by atoms with van der Waals surface area (Å²) in [6.45, 7) is 0.694. The standard InChI is InChI=1S/C14H13FN2S/c15-13-3-1-11(2-4-13)5-7-17-14(9-16)12-6-8-18-10-12/h1-4,6,8,10,14,17H,5,7H2. The van der Waals surface area contributed by atoms with Gasteiger partial charge in [-0.25, -0.2) is 4.39 Å². The summed E-state index contributed by atoms with van der Waals surface area (Å²) in [7, 11) is 0. The zero-order chi connectivity index (χ0) is 12.8. The van der Waals surface area contributed by atoms with Crippen LogP contribution in [0, 0.1) is 17.1 Å². The summed E-state index contributed by atoms with van der Waals surface area (Å²) in [6.07, 6.45) is 0.780. The van der Waals surface area contributed by atoms with Crippen LogP contribution >= 0.6 is 11.3 Å². The summed E-state index contributed by atoms with van der Waals surface area (Å²) < 4.78 is 12.7. The molecule has 1 heterocycles. The molecule has 0 aliphatic heterocycles. The zero-order valence-corrected chi connectivity index (χ0v) is 10.6. The molecule has 2 aromatic rings. The molecule has 4 heteroatoms. The monoisotopic (exact) mass is 260 g/mol. The summed E-state index contributed by atoms with van der Waals surface area (Å²) in [5.41, 5.74) is 2.06. The van der Waals surface area contributed by atoms with Crippen LogP contribution < -0.4 is 5.32 Å². The van der Waals surface area contributed by atoms with Gasteiger partial charge in [-0.1, -0.05) is 12.1 Å². The van der Waals surface area contributed by atoms with Crippen molar-refractivity contribution >= 4 is 11.3 Å². The van der Waals surface area contributed by atoms with Crippen LogP contribution in [0.2, 0.25) is 0 Å². The highest BCUT2D eigenvalue weighted by molar-refractivity contribution is 7.08. The van der Waals surface area contributed by atoms with Gasteiger partial charge in [0.2, 0.25) is 0 Å². The lowest BCUT2D eigenvalue weighted by atomic mass is 10.1. The maximum absolute atomic E-state index is 12.7. The molecule has 0 aliphatic rings. The first-order valence-corrected chi connectivity index (χ1v) is 6.63. The summed E-state index contributed by atoms with van der Waals surface area (Å²) in [6, 6.07) is 10.4. The van der Waals surface area contributed by atoms with E-state index in [2.05, 4.69) is 11.4 Å². The molecule has 1 unspecified atom stereocenters. The van der Waals surface area contributed by atoms with Gasteiger partial charge in [0.1, 0.15) is 11.9 Å². The molecule has 0 saturated carbocycles. The lowest BCUT2D eigenvalue weighted by Crippen LogP contribution is -2.22. The van der Waals surface area contributed by atoms with Gasteiger partial charge in [-0.3, -0.25) is 5.32 Å². The van der Waals surface area contributed by atoms with Gasteiger partial charge in [0.15, 0.2) is 0 Å². The summed E-state index contributed by atoms with van der Waals surface area (Å²) in [4.78, 5) is 0. The van der Waals surface area contributed by atoms with Crippen molar-refractivity contribution in [2.24, 2.45) is 0 Å². The van der Waals surface area contributed by atoms with Crippen molar-refractivity contribution in [1.29, 1.82) is 5.26 Å². The molecule has 0 amide bonds. The SMILES string of the molecule is N#CC(NCCc1ccc(F)cc1)c1ccsc1. The predicted octanol–water partition coefficient (Wildman–Crippen LogP) is 3.28. The van der Waals surface area contributed by atoms with E-state index in [1.54, 1.807) is 23.5 Å². The van der Waals surface area contributed by atoms with Gasteiger partial charge >= 0.3 is 0 Å². The molecule has 2 rings (SSSR count). The third kappa shape index (κ3) is 3.39. The Morgan fingerprint density at radius 3 is 2.67 bits per heavy atom. The van der Waals surface area contributed by atoms with Crippen LogP contribution in [0.4, 0.5) is 4.39 Å². The van der Waals surface area contributed by atoms with E-state index in [-0.39, 0.29) is 11.9 Å². The van der Waals surface area contributed by atoms with E-state index in [1.165, 1.54) is 12.1 Å². The second-order valence-electron chi connectivity index (χ2n) is 3.95. The fourth-order valence-electron chi connectivity index (χ4n) is 1.69. The lowest BCUT2D eigenvalue weighted by molar-refractivity contribution is 0.620. The van der Waals surface area contributed by atoms with Gasteiger partial charge in [-0.05, 0) is 46.5 Å². The Balaban J connectivity index is 1.85. The van der Waals surface area contributed by atoms with Gasteiger partial charge in [0, 0.05) is 6.54 Å². The van der Waals surface area contributed by atoms with Crippen molar-refractivity contribution < 1.29 is 4.39 Å². The number of hydrogen-bond acceptors (Lipinski definition) is 3.